The molecule has 0 saturated heterocycles. The predicted molar refractivity (Wildman–Crippen MR) is 101 cm³/mol. The summed E-state index contributed by atoms with van der Waals surface area (Å²) in [6, 6.07) is 18.8. The fourth-order valence-corrected chi connectivity index (χ4v) is 4.12. The summed E-state index contributed by atoms with van der Waals surface area (Å²) in [6.45, 7) is 1.48. The third-order valence-corrected chi connectivity index (χ3v) is 5.78. The Morgan fingerprint density at radius 2 is 1.50 bits per heavy atom. The summed E-state index contributed by atoms with van der Waals surface area (Å²) in [6.07, 6.45) is 0.259. The molecule has 0 spiro atoms. The van der Waals surface area contributed by atoms with Crippen LogP contribution in [0, 0.1) is 0 Å². The lowest BCUT2D eigenvalue weighted by molar-refractivity contribution is -0.116. The van der Waals surface area contributed by atoms with Gasteiger partial charge in [-0.3, -0.25) is 9.59 Å². The summed E-state index contributed by atoms with van der Waals surface area (Å²) in [7, 11) is -3.76. The number of carbonyl (C=O) groups is 2. The molecule has 3 aromatic rings. The molecule has 4 nitrogen and oxygen atoms in total. The lowest BCUT2D eigenvalue weighted by Crippen LogP contribution is -2.17. The van der Waals surface area contributed by atoms with Crippen LogP contribution in [0.4, 0.5) is 0 Å². The third kappa shape index (κ3) is 3.89. The van der Waals surface area contributed by atoms with Crippen molar-refractivity contribution in [2.45, 2.75) is 18.2 Å². The van der Waals surface area contributed by atoms with Crippen molar-refractivity contribution in [3.05, 3.63) is 77.9 Å². The number of sulfone groups is 1. The molecule has 0 aliphatic heterocycles. The van der Waals surface area contributed by atoms with Gasteiger partial charge in [0.2, 0.25) is 0 Å². The molecular formula is C21H18O4S. The number of hydrogen-bond acceptors (Lipinski definition) is 4. The van der Waals surface area contributed by atoms with Gasteiger partial charge in [0.1, 0.15) is 11.5 Å². The number of carbonyl (C=O) groups excluding carboxylic acids is 2. The van der Waals surface area contributed by atoms with Gasteiger partial charge < -0.3 is 0 Å². The van der Waals surface area contributed by atoms with E-state index in [0.29, 0.717) is 5.56 Å². The van der Waals surface area contributed by atoms with E-state index in [4.69, 9.17) is 0 Å². The first-order valence-electron chi connectivity index (χ1n) is 8.19. The Balaban J connectivity index is 1.87. The van der Waals surface area contributed by atoms with Crippen molar-refractivity contribution in [2.75, 3.05) is 5.75 Å². The number of rotatable bonds is 6. The van der Waals surface area contributed by atoms with Gasteiger partial charge in [-0.2, -0.15) is 0 Å². The van der Waals surface area contributed by atoms with E-state index in [1.54, 1.807) is 24.3 Å². The molecule has 0 unspecified atom stereocenters. The van der Waals surface area contributed by atoms with E-state index < -0.39 is 21.4 Å². The minimum atomic E-state index is -3.76. The normalized spacial score (nSPS) is 11.4. The highest BCUT2D eigenvalue weighted by Crippen LogP contribution is 2.21. The van der Waals surface area contributed by atoms with E-state index in [1.807, 2.05) is 30.3 Å². The van der Waals surface area contributed by atoms with Crippen LogP contribution < -0.4 is 0 Å². The molecule has 0 bridgehead atoms. The molecule has 26 heavy (non-hydrogen) atoms. The van der Waals surface area contributed by atoms with Gasteiger partial charge in [-0.25, -0.2) is 8.42 Å². The molecule has 0 fully saturated rings. The van der Waals surface area contributed by atoms with Crippen molar-refractivity contribution in [1.82, 2.24) is 0 Å². The molecule has 0 N–H and O–H groups in total. The van der Waals surface area contributed by atoms with Gasteiger partial charge >= 0.3 is 0 Å². The second kappa shape index (κ2) is 7.22. The number of fused-ring (bicyclic) bond motifs is 1. The van der Waals surface area contributed by atoms with Crippen molar-refractivity contribution >= 4 is 32.2 Å². The zero-order valence-electron chi connectivity index (χ0n) is 14.3. The fourth-order valence-electron chi connectivity index (χ4n) is 2.90. The van der Waals surface area contributed by atoms with E-state index in [-0.39, 0.29) is 17.1 Å². The van der Waals surface area contributed by atoms with Crippen molar-refractivity contribution in [3.63, 3.8) is 0 Å². The molecular weight excluding hydrogens is 348 g/mol. The highest BCUT2D eigenvalue weighted by Gasteiger charge is 2.21. The summed E-state index contributed by atoms with van der Waals surface area (Å²) < 4.78 is 25.2. The maximum Gasteiger partial charge on any atom is 0.185 e. The van der Waals surface area contributed by atoms with Crippen LogP contribution in [0.1, 0.15) is 22.8 Å². The average molecular weight is 366 g/mol. The van der Waals surface area contributed by atoms with Gasteiger partial charge in [0.15, 0.2) is 15.6 Å². The first kappa shape index (κ1) is 18.0. The number of Topliss-reactive ketones (excluding diaryl/α,β-unsaturated/α-hetero) is 2. The first-order chi connectivity index (χ1) is 12.4. The minimum Gasteiger partial charge on any atom is -0.300 e. The molecule has 3 rings (SSSR count). The molecule has 5 heteroatoms. The Kier molecular flexibility index (Phi) is 5.00. The number of benzene rings is 3. The Bertz CT molecular complexity index is 1080. The minimum absolute atomic E-state index is 0.00624. The van der Waals surface area contributed by atoms with E-state index in [0.717, 1.165) is 16.3 Å². The smallest absolute Gasteiger partial charge is 0.185 e. The fraction of sp³-hybridized carbons (Fsp3) is 0.143. The molecule has 0 heterocycles. The van der Waals surface area contributed by atoms with Crippen LogP contribution >= 0.6 is 0 Å². The van der Waals surface area contributed by atoms with E-state index in [1.165, 1.54) is 19.1 Å². The lowest BCUT2D eigenvalue weighted by atomic mass is 10.0. The monoisotopic (exact) mass is 366 g/mol. The number of ketones is 2. The van der Waals surface area contributed by atoms with Crippen LogP contribution in [0.15, 0.2) is 71.6 Å². The van der Waals surface area contributed by atoms with Gasteiger partial charge in [0, 0.05) is 12.0 Å². The van der Waals surface area contributed by atoms with Crippen LogP contribution in [0.2, 0.25) is 0 Å². The van der Waals surface area contributed by atoms with Crippen LogP contribution in [-0.2, 0) is 21.1 Å². The molecule has 0 aliphatic carbocycles. The second-order valence-electron chi connectivity index (χ2n) is 6.23. The second-order valence-corrected chi connectivity index (χ2v) is 8.22. The van der Waals surface area contributed by atoms with Crippen molar-refractivity contribution in [3.8, 4) is 0 Å². The highest BCUT2D eigenvalue weighted by atomic mass is 32.2. The summed E-state index contributed by atoms with van der Waals surface area (Å²) in [5.74, 6) is -1.02. The molecule has 0 aliphatic rings. The predicted octanol–water partition coefficient (Wildman–Crippen LogP) is 3.63. The van der Waals surface area contributed by atoms with E-state index in [2.05, 4.69) is 0 Å². The van der Waals surface area contributed by atoms with Crippen LogP contribution in [0.5, 0.6) is 0 Å². The highest BCUT2D eigenvalue weighted by molar-refractivity contribution is 7.92. The zero-order chi connectivity index (χ0) is 18.7. The van der Waals surface area contributed by atoms with Gasteiger partial charge in [0.25, 0.3) is 0 Å². The van der Waals surface area contributed by atoms with Gasteiger partial charge in [-0.1, -0.05) is 54.6 Å². The Labute approximate surface area is 152 Å². The summed E-state index contributed by atoms with van der Waals surface area (Å²) in [4.78, 5) is 23.9. The van der Waals surface area contributed by atoms with E-state index in [9.17, 15) is 18.0 Å². The maximum atomic E-state index is 12.6. The first-order valence-corrected chi connectivity index (χ1v) is 9.84. The quantitative estimate of drug-likeness (QED) is 0.625. The van der Waals surface area contributed by atoms with Crippen LogP contribution in [0.3, 0.4) is 0 Å². The number of hydrogen-bond donors (Lipinski definition) is 0. The molecule has 3 aromatic carbocycles. The van der Waals surface area contributed by atoms with Crippen molar-refractivity contribution in [2.24, 2.45) is 0 Å². The van der Waals surface area contributed by atoms with Crippen LogP contribution in [-0.4, -0.2) is 25.7 Å². The lowest BCUT2D eigenvalue weighted by Gasteiger charge is -2.08. The molecule has 0 saturated carbocycles. The Morgan fingerprint density at radius 3 is 2.19 bits per heavy atom. The Hall–Kier alpha value is -2.79. The third-order valence-electron chi connectivity index (χ3n) is 4.15. The van der Waals surface area contributed by atoms with Gasteiger partial charge in [-0.15, -0.1) is 0 Å². The summed E-state index contributed by atoms with van der Waals surface area (Å²) >= 11 is 0. The average Bonchev–Trinajstić information content (AvgIpc) is 2.60. The topological polar surface area (TPSA) is 68.3 Å². The maximum absolute atomic E-state index is 12.6. The molecule has 0 amide bonds. The standard InChI is InChI=1S/C21H18O4S/c1-15(22)13-16-9-11-18(12-10-16)26(24,25)14-21(23)20-8-4-6-17-5-2-3-7-19(17)20/h2-12H,13-14H2,1H3. The SMILES string of the molecule is CC(=O)Cc1ccc(S(=O)(=O)CC(=O)c2cccc3ccccc23)cc1. The molecule has 132 valence electrons. The summed E-state index contributed by atoms with van der Waals surface area (Å²) in [5.41, 5.74) is 1.15. The van der Waals surface area contributed by atoms with Gasteiger partial charge in [-0.05, 0) is 35.4 Å². The zero-order valence-corrected chi connectivity index (χ0v) is 15.1. The van der Waals surface area contributed by atoms with Gasteiger partial charge in [0.05, 0.1) is 4.90 Å². The Morgan fingerprint density at radius 1 is 0.846 bits per heavy atom. The van der Waals surface area contributed by atoms with Crippen molar-refractivity contribution in [1.29, 1.82) is 0 Å². The summed E-state index contributed by atoms with van der Waals surface area (Å²) in [5, 5.41) is 1.64. The van der Waals surface area contributed by atoms with Crippen LogP contribution in [0.25, 0.3) is 10.8 Å². The molecule has 0 aromatic heterocycles. The largest absolute Gasteiger partial charge is 0.300 e. The van der Waals surface area contributed by atoms with E-state index >= 15 is 0 Å². The molecule has 0 radical (unpaired) electrons. The van der Waals surface area contributed by atoms with Crippen molar-refractivity contribution < 1.29 is 18.0 Å². The molecule has 0 atom stereocenters.